The minimum Gasteiger partial charge on any atom is -0.364 e. The Labute approximate surface area is 164 Å². The van der Waals surface area contributed by atoms with Gasteiger partial charge in [0.05, 0.1) is 12.0 Å². The summed E-state index contributed by atoms with van der Waals surface area (Å²) in [6, 6.07) is 2.52. The molecule has 138 valence electrons. The molecule has 0 aromatic rings. The Kier molecular flexibility index (Phi) is 4.79. The lowest BCUT2D eigenvalue weighted by atomic mass is 9.70. The van der Waals surface area contributed by atoms with Crippen molar-refractivity contribution in [3.63, 3.8) is 0 Å². The van der Waals surface area contributed by atoms with Gasteiger partial charge < -0.3 is 10.2 Å². The van der Waals surface area contributed by atoms with Crippen LogP contribution in [-0.4, -0.2) is 28.4 Å². The van der Waals surface area contributed by atoms with Crippen LogP contribution in [0.2, 0.25) is 0 Å². The average molecular weight is 392 g/mol. The third-order valence-electron chi connectivity index (χ3n) is 6.39. The second-order valence-corrected chi connectivity index (χ2v) is 8.86. The van der Waals surface area contributed by atoms with Crippen LogP contribution in [0.4, 0.5) is 0 Å². The number of alkyl halides is 1. The molecule has 4 nitrogen and oxygen atoms in total. The number of fused-ring (bicyclic) bond motifs is 1. The van der Waals surface area contributed by atoms with E-state index >= 15 is 0 Å². The maximum Gasteiger partial charge on any atom is 0.250 e. The average Bonchev–Trinajstić information content (AvgIpc) is 2.63. The first kappa shape index (κ1) is 17.9. The highest BCUT2D eigenvalue weighted by Gasteiger charge is 2.54. The lowest BCUT2D eigenvalue weighted by molar-refractivity contribution is -0.156. The van der Waals surface area contributed by atoms with Gasteiger partial charge in [-0.25, -0.2) is 0 Å². The van der Waals surface area contributed by atoms with Crippen molar-refractivity contribution in [2.75, 3.05) is 0 Å². The van der Waals surface area contributed by atoms with E-state index in [9.17, 15) is 4.79 Å². The molecule has 1 fully saturated rings. The molecular weight excluding hydrogens is 369 g/mol. The van der Waals surface area contributed by atoms with E-state index in [1.165, 1.54) is 0 Å². The second kappa shape index (κ2) is 6.94. The van der Waals surface area contributed by atoms with Gasteiger partial charge in [-0.05, 0) is 50.5 Å². The van der Waals surface area contributed by atoms with E-state index in [2.05, 4.69) is 30.5 Å². The molecule has 1 saturated heterocycles. The van der Waals surface area contributed by atoms with Crippen LogP contribution in [0, 0.1) is 29.1 Å². The van der Waals surface area contributed by atoms with Crippen molar-refractivity contribution in [1.82, 2.24) is 10.2 Å². The quantitative estimate of drug-likeness (QED) is 0.722. The molecule has 0 bridgehead atoms. The molecule has 26 heavy (non-hydrogen) atoms. The number of allylic oxidation sites excluding steroid dienone is 4. The Morgan fingerprint density at radius 1 is 1.35 bits per heavy atom. The van der Waals surface area contributed by atoms with Gasteiger partial charge >= 0.3 is 0 Å². The Bertz CT molecular complexity index is 751. The third kappa shape index (κ3) is 2.96. The monoisotopic (exact) mass is 391 g/mol. The number of rotatable bonds is 2. The zero-order chi connectivity index (χ0) is 18.4. The SMILES string of the molecule is CC1C(C2CC=C(Cl)CC2Cl)C2NC(C3=CCC(C#N)CC3)=CC(=O)N12. The summed E-state index contributed by atoms with van der Waals surface area (Å²) < 4.78 is 0. The number of halogens is 2. The number of amides is 1. The molecule has 6 atom stereocenters. The number of nitrogens with one attached hydrogen (secondary N) is 1. The maximum absolute atomic E-state index is 12.7. The maximum atomic E-state index is 12.7. The molecule has 1 N–H and O–H groups in total. The molecule has 2 heterocycles. The molecule has 4 rings (SSSR count). The van der Waals surface area contributed by atoms with Crippen LogP contribution in [0.15, 0.2) is 34.5 Å². The Morgan fingerprint density at radius 2 is 2.15 bits per heavy atom. The van der Waals surface area contributed by atoms with E-state index in [4.69, 9.17) is 28.5 Å². The van der Waals surface area contributed by atoms with Crippen LogP contribution < -0.4 is 5.32 Å². The summed E-state index contributed by atoms with van der Waals surface area (Å²) in [5.74, 6) is 0.814. The van der Waals surface area contributed by atoms with Gasteiger partial charge in [-0.2, -0.15) is 5.26 Å². The largest absolute Gasteiger partial charge is 0.364 e. The Hall–Kier alpha value is -1.44. The van der Waals surface area contributed by atoms with Crippen molar-refractivity contribution in [3.8, 4) is 6.07 Å². The molecule has 0 aromatic heterocycles. The number of nitriles is 1. The van der Waals surface area contributed by atoms with Gasteiger partial charge in [0.1, 0.15) is 6.17 Å². The van der Waals surface area contributed by atoms with E-state index in [1.54, 1.807) is 6.08 Å². The Balaban J connectivity index is 1.53. The summed E-state index contributed by atoms with van der Waals surface area (Å²) in [7, 11) is 0. The summed E-state index contributed by atoms with van der Waals surface area (Å²) in [4.78, 5) is 14.6. The van der Waals surface area contributed by atoms with Crippen LogP contribution in [0.1, 0.15) is 39.0 Å². The van der Waals surface area contributed by atoms with Crippen molar-refractivity contribution in [2.24, 2.45) is 17.8 Å². The van der Waals surface area contributed by atoms with Gasteiger partial charge in [0, 0.05) is 34.1 Å². The van der Waals surface area contributed by atoms with Crippen molar-refractivity contribution >= 4 is 29.1 Å². The summed E-state index contributed by atoms with van der Waals surface area (Å²) in [6.45, 7) is 2.11. The number of carbonyl (C=O) groups is 1. The predicted molar refractivity (Wildman–Crippen MR) is 102 cm³/mol. The molecule has 6 heteroatoms. The first-order chi connectivity index (χ1) is 12.5. The molecule has 4 aliphatic rings. The van der Waals surface area contributed by atoms with E-state index in [0.717, 1.165) is 42.0 Å². The van der Waals surface area contributed by atoms with E-state index in [1.807, 2.05) is 4.90 Å². The fraction of sp³-hybridized carbons (Fsp3) is 0.600. The molecule has 2 aliphatic heterocycles. The minimum absolute atomic E-state index is 0.00335. The highest BCUT2D eigenvalue weighted by Crippen LogP contribution is 2.46. The molecule has 0 aromatic carbocycles. The summed E-state index contributed by atoms with van der Waals surface area (Å²) in [6.07, 6.45) is 9.96. The third-order valence-corrected chi connectivity index (χ3v) is 7.17. The van der Waals surface area contributed by atoms with Gasteiger partial charge in [-0.3, -0.25) is 4.79 Å². The highest BCUT2D eigenvalue weighted by atomic mass is 35.5. The molecule has 6 unspecified atom stereocenters. The fourth-order valence-electron chi connectivity index (χ4n) is 4.89. The zero-order valence-electron chi connectivity index (χ0n) is 14.8. The van der Waals surface area contributed by atoms with Crippen LogP contribution >= 0.6 is 23.2 Å². The van der Waals surface area contributed by atoms with Crippen LogP contribution in [0.25, 0.3) is 0 Å². The smallest absolute Gasteiger partial charge is 0.250 e. The molecule has 0 radical (unpaired) electrons. The van der Waals surface area contributed by atoms with Crippen molar-refractivity contribution in [1.29, 1.82) is 5.26 Å². The summed E-state index contributed by atoms with van der Waals surface area (Å²) >= 11 is 12.8. The second-order valence-electron chi connectivity index (χ2n) is 7.81. The van der Waals surface area contributed by atoms with Crippen LogP contribution in [0.5, 0.6) is 0 Å². The number of nitrogens with zero attached hydrogens (tertiary/aromatic N) is 2. The van der Waals surface area contributed by atoms with E-state index in [-0.39, 0.29) is 29.4 Å². The normalized spacial score (nSPS) is 39.5. The number of hydrogen-bond donors (Lipinski definition) is 1. The van der Waals surface area contributed by atoms with Crippen molar-refractivity contribution in [3.05, 3.63) is 34.5 Å². The summed E-state index contributed by atoms with van der Waals surface area (Å²) in [5.41, 5.74) is 2.09. The predicted octanol–water partition coefficient (Wildman–Crippen LogP) is 4.04. The van der Waals surface area contributed by atoms with Gasteiger partial charge in [-0.1, -0.05) is 23.8 Å². The lowest BCUT2D eigenvalue weighted by Gasteiger charge is -2.59. The van der Waals surface area contributed by atoms with E-state index in [0.29, 0.717) is 18.3 Å². The molecular formula is C20H23Cl2N3O. The molecule has 0 spiro atoms. The van der Waals surface area contributed by atoms with Gasteiger partial charge in [0.2, 0.25) is 0 Å². The number of hydrogen-bond acceptors (Lipinski definition) is 3. The first-order valence-corrected chi connectivity index (χ1v) is 10.2. The number of carbonyl (C=O) groups excluding carboxylic acids is 1. The fourth-order valence-corrected chi connectivity index (χ4v) is 5.66. The lowest BCUT2D eigenvalue weighted by Crippen LogP contribution is -2.73. The standard InChI is InChI=1S/C20H23Cl2N3O/c1-11-19(15-7-6-14(21)8-16(15)22)20-24-17(9-18(26)25(11)20)13-4-2-12(10-23)3-5-13/h4,6,9,11-12,15-16,19-20,24H,2-3,5,7-8H2,1H3. The van der Waals surface area contributed by atoms with Gasteiger partial charge in [0.25, 0.3) is 5.91 Å². The Morgan fingerprint density at radius 3 is 2.81 bits per heavy atom. The van der Waals surface area contributed by atoms with Gasteiger partial charge in [-0.15, -0.1) is 11.6 Å². The van der Waals surface area contributed by atoms with E-state index < -0.39 is 0 Å². The minimum atomic E-state index is 0.00335. The highest BCUT2D eigenvalue weighted by molar-refractivity contribution is 6.31. The topological polar surface area (TPSA) is 56.1 Å². The molecule has 2 aliphatic carbocycles. The van der Waals surface area contributed by atoms with Gasteiger partial charge in [0.15, 0.2) is 0 Å². The summed E-state index contributed by atoms with van der Waals surface area (Å²) in [5, 5.41) is 13.5. The van der Waals surface area contributed by atoms with Crippen molar-refractivity contribution in [2.45, 2.75) is 56.6 Å². The molecule has 1 amide bonds. The molecule has 0 saturated carbocycles. The van der Waals surface area contributed by atoms with Crippen LogP contribution in [-0.2, 0) is 4.79 Å². The zero-order valence-corrected chi connectivity index (χ0v) is 16.3. The van der Waals surface area contributed by atoms with Crippen molar-refractivity contribution < 1.29 is 4.79 Å². The van der Waals surface area contributed by atoms with Crippen LogP contribution in [0.3, 0.4) is 0 Å². The first-order valence-electron chi connectivity index (χ1n) is 9.37.